The molecular formula is C21H25Cl2N7O2. The highest BCUT2D eigenvalue weighted by Crippen LogP contribution is 2.32. The molecule has 9 nitrogen and oxygen atoms in total. The fourth-order valence-corrected chi connectivity index (χ4v) is 3.59. The molecule has 1 unspecified atom stereocenters. The molecule has 1 amide bonds. The third-order valence-electron chi connectivity index (χ3n) is 4.58. The molecule has 0 spiro atoms. The molecule has 0 radical (unpaired) electrons. The zero-order valence-corrected chi connectivity index (χ0v) is 19.4. The van der Waals surface area contributed by atoms with Crippen LogP contribution in [0.15, 0.2) is 35.3 Å². The number of nitrogens with zero attached hydrogens (tertiary/aromatic N) is 2. The number of nitrogens with two attached hydrogens (primary N) is 1. The van der Waals surface area contributed by atoms with Gasteiger partial charge in [-0.25, -0.2) is 10.4 Å². The van der Waals surface area contributed by atoms with E-state index in [1.807, 2.05) is 13.8 Å². The van der Waals surface area contributed by atoms with Crippen LogP contribution < -0.4 is 26.5 Å². The number of guanidine groups is 1. The minimum absolute atomic E-state index is 0.0444. The molecule has 32 heavy (non-hydrogen) atoms. The Kier molecular flexibility index (Phi) is 7.44. The van der Waals surface area contributed by atoms with Gasteiger partial charge in [0.2, 0.25) is 5.96 Å². The van der Waals surface area contributed by atoms with Crippen molar-refractivity contribution in [2.45, 2.75) is 26.1 Å². The van der Waals surface area contributed by atoms with Crippen molar-refractivity contribution in [3.63, 3.8) is 0 Å². The van der Waals surface area contributed by atoms with E-state index >= 15 is 0 Å². The molecule has 170 valence electrons. The minimum Gasteiger partial charge on any atom is -0.484 e. The van der Waals surface area contributed by atoms with Gasteiger partial charge in [-0.3, -0.25) is 9.80 Å². The number of hydrogen-bond donors (Lipinski definition) is 5. The molecule has 2 aromatic rings. The monoisotopic (exact) mass is 477 g/mol. The molecular weight excluding hydrogens is 453 g/mol. The predicted molar refractivity (Wildman–Crippen MR) is 129 cm³/mol. The average molecular weight is 478 g/mol. The van der Waals surface area contributed by atoms with E-state index in [1.54, 1.807) is 42.4 Å². The molecule has 1 heterocycles. The van der Waals surface area contributed by atoms with Gasteiger partial charge in [-0.15, -0.1) is 0 Å². The van der Waals surface area contributed by atoms with E-state index in [4.69, 9.17) is 39.1 Å². The number of hydrazine groups is 1. The van der Waals surface area contributed by atoms with Crippen LogP contribution in [0.4, 0.5) is 11.4 Å². The zero-order chi connectivity index (χ0) is 23.4. The number of nitrogens with one attached hydrogen (secondary N) is 4. The zero-order valence-electron chi connectivity index (χ0n) is 17.9. The van der Waals surface area contributed by atoms with E-state index in [9.17, 15) is 4.79 Å². The Morgan fingerprint density at radius 3 is 2.78 bits per heavy atom. The first-order valence-electron chi connectivity index (χ1n) is 9.84. The van der Waals surface area contributed by atoms with Gasteiger partial charge in [-0.05, 0) is 38.1 Å². The van der Waals surface area contributed by atoms with Gasteiger partial charge in [0.25, 0.3) is 5.91 Å². The third kappa shape index (κ3) is 5.42. The van der Waals surface area contributed by atoms with E-state index in [-0.39, 0.29) is 18.6 Å². The van der Waals surface area contributed by atoms with Crippen LogP contribution in [-0.4, -0.2) is 42.8 Å². The number of rotatable bonds is 7. The summed E-state index contributed by atoms with van der Waals surface area (Å²) in [5.74, 6) is 0.797. The van der Waals surface area contributed by atoms with Gasteiger partial charge in [0.1, 0.15) is 11.9 Å². The molecule has 1 aliphatic rings. The van der Waals surface area contributed by atoms with Crippen molar-refractivity contribution < 1.29 is 9.53 Å². The van der Waals surface area contributed by atoms with Gasteiger partial charge in [-0.2, -0.15) is 0 Å². The summed E-state index contributed by atoms with van der Waals surface area (Å²) in [6.45, 7) is 3.67. The number of halogens is 2. The molecule has 6 N–H and O–H groups in total. The molecule has 0 fully saturated rings. The van der Waals surface area contributed by atoms with Crippen LogP contribution in [0.5, 0.6) is 5.75 Å². The number of ether oxygens (including phenoxy) is 1. The van der Waals surface area contributed by atoms with Crippen molar-refractivity contribution in [2.75, 3.05) is 24.7 Å². The minimum atomic E-state index is -0.442. The Bertz CT molecular complexity index is 1060. The number of benzene rings is 2. The molecule has 3 rings (SSSR count). The summed E-state index contributed by atoms with van der Waals surface area (Å²) in [6.07, 6.45) is 0.669. The van der Waals surface area contributed by atoms with Gasteiger partial charge < -0.3 is 26.5 Å². The van der Waals surface area contributed by atoms with Gasteiger partial charge in [0.15, 0.2) is 6.61 Å². The number of carbonyl (C=O) groups is 1. The fourth-order valence-electron chi connectivity index (χ4n) is 3.04. The van der Waals surface area contributed by atoms with Crippen molar-refractivity contribution in [2.24, 2.45) is 4.99 Å². The van der Waals surface area contributed by atoms with E-state index < -0.39 is 6.17 Å². The Hall–Kier alpha value is -3.01. The average Bonchev–Trinajstić information content (AvgIpc) is 3.08. The highest BCUT2D eigenvalue weighted by Gasteiger charge is 2.26. The standard InChI is InChI=1S/C21H25Cl2N7O2/c1-11(2)26-18(31)10-32-12-4-5-13(15(22)8-12)20-28-21(30(3)29-20)27-17-7-6-16(25)14(9-24)19(17)23/h4-9,11,20,24,29H,10,25H2,1-3H3,(H,26,31)(H,27,28). The Balaban J connectivity index is 1.73. The maximum absolute atomic E-state index is 11.8. The lowest BCUT2D eigenvalue weighted by atomic mass is 10.1. The van der Waals surface area contributed by atoms with Crippen molar-refractivity contribution in [3.05, 3.63) is 51.5 Å². The number of hydrogen-bond acceptors (Lipinski definition) is 8. The topological polar surface area (TPSA) is 128 Å². The Morgan fingerprint density at radius 1 is 1.38 bits per heavy atom. The van der Waals surface area contributed by atoms with Crippen LogP contribution in [0.3, 0.4) is 0 Å². The van der Waals surface area contributed by atoms with E-state index in [0.717, 1.165) is 11.8 Å². The Labute approximate surface area is 196 Å². The summed E-state index contributed by atoms with van der Waals surface area (Å²) in [4.78, 5) is 16.4. The largest absolute Gasteiger partial charge is 0.484 e. The number of aliphatic imine (C=N–C) groups is 1. The maximum Gasteiger partial charge on any atom is 0.258 e. The number of nitrogen functional groups attached to an aromatic ring is 1. The van der Waals surface area contributed by atoms with Crippen molar-refractivity contribution in [3.8, 4) is 5.75 Å². The predicted octanol–water partition coefficient (Wildman–Crippen LogP) is 3.39. The smallest absolute Gasteiger partial charge is 0.258 e. The molecule has 2 aromatic carbocycles. The second-order valence-corrected chi connectivity index (χ2v) is 8.22. The number of carbonyl (C=O) groups excluding carboxylic acids is 1. The molecule has 0 aromatic heterocycles. The third-order valence-corrected chi connectivity index (χ3v) is 5.31. The van der Waals surface area contributed by atoms with Crippen LogP contribution in [-0.2, 0) is 4.79 Å². The quantitative estimate of drug-likeness (QED) is 0.307. The van der Waals surface area contributed by atoms with Crippen LogP contribution in [0.25, 0.3) is 0 Å². The fraction of sp³-hybridized carbons (Fsp3) is 0.286. The van der Waals surface area contributed by atoms with Crippen molar-refractivity contribution >= 4 is 52.7 Å². The SMILES string of the molecule is CC(C)NC(=O)COc1ccc(C2N=C(Nc3ccc(N)c(C=N)c3Cl)N(C)N2)c(Cl)c1. The molecule has 0 aliphatic carbocycles. The molecule has 1 atom stereocenters. The van der Waals surface area contributed by atoms with Gasteiger partial charge in [0.05, 0.1) is 15.7 Å². The van der Waals surface area contributed by atoms with Crippen LogP contribution in [0.2, 0.25) is 10.0 Å². The number of anilines is 2. The second kappa shape index (κ2) is 10.1. The van der Waals surface area contributed by atoms with Gasteiger partial charge in [-0.1, -0.05) is 29.3 Å². The molecule has 0 saturated heterocycles. The van der Waals surface area contributed by atoms with Crippen LogP contribution in [0, 0.1) is 5.41 Å². The first-order chi connectivity index (χ1) is 15.2. The van der Waals surface area contributed by atoms with E-state index in [2.05, 4.69) is 21.1 Å². The molecule has 0 saturated carbocycles. The lowest BCUT2D eigenvalue weighted by Gasteiger charge is -2.18. The summed E-state index contributed by atoms with van der Waals surface area (Å²) in [5, 5.41) is 15.9. The molecule has 11 heteroatoms. The summed E-state index contributed by atoms with van der Waals surface area (Å²) in [7, 11) is 1.80. The Morgan fingerprint density at radius 2 is 2.12 bits per heavy atom. The molecule has 0 bridgehead atoms. The summed E-state index contributed by atoms with van der Waals surface area (Å²) < 4.78 is 5.51. The second-order valence-electron chi connectivity index (χ2n) is 7.44. The number of amides is 1. The normalized spacial score (nSPS) is 15.5. The molecule has 1 aliphatic heterocycles. The lowest BCUT2D eigenvalue weighted by Crippen LogP contribution is -2.37. The van der Waals surface area contributed by atoms with Gasteiger partial charge >= 0.3 is 0 Å². The first kappa shape index (κ1) is 23.6. The highest BCUT2D eigenvalue weighted by molar-refractivity contribution is 6.36. The van der Waals surface area contributed by atoms with Crippen molar-refractivity contribution in [1.29, 1.82) is 5.41 Å². The lowest BCUT2D eigenvalue weighted by molar-refractivity contribution is -0.123. The van der Waals surface area contributed by atoms with E-state index in [1.165, 1.54) is 0 Å². The van der Waals surface area contributed by atoms with E-state index in [0.29, 0.717) is 38.7 Å². The highest BCUT2D eigenvalue weighted by atomic mass is 35.5. The summed E-state index contributed by atoms with van der Waals surface area (Å²) in [5.41, 5.74) is 11.2. The maximum atomic E-state index is 11.8. The summed E-state index contributed by atoms with van der Waals surface area (Å²) >= 11 is 12.8. The van der Waals surface area contributed by atoms with Crippen molar-refractivity contribution in [1.82, 2.24) is 15.8 Å². The van der Waals surface area contributed by atoms with Crippen LogP contribution in [0.1, 0.15) is 31.1 Å². The van der Waals surface area contributed by atoms with Gasteiger partial charge in [0, 0.05) is 36.1 Å². The van der Waals surface area contributed by atoms with Crippen LogP contribution >= 0.6 is 23.2 Å². The summed E-state index contributed by atoms with van der Waals surface area (Å²) in [6, 6.07) is 8.62. The first-order valence-corrected chi connectivity index (χ1v) is 10.6.